The molecule has 1 aromatic carbocycles. The van der Waals surface area contributed by atoms with Gasteiger partial charge in [0.1, 0.15) is 0 Å². The summed E-state index contributed by atoms with van der Waals surface area (Å²) in [7, 11) is -4.61. The highest BCUT2D eigenvalue weighted by Crippen LogP contribution is 2.18. The molecule has 0 spiro atoms. The minimum Gasteiger partial charge on any atom is -0.352 e. The maximum Gasteiger partial charge on any atom is 0.341 e. The molecule has 20 heavy (non-hydrogen) atoms. The van der Waals surface area contributed by atoms with Crippen molar-refractivity contribution in [3.63, 3.8) is 0 Å². The van der Waals surface area contributed by atoms with Crippen molar-refractivity contribution in [1.29, 1.82) is 0 Å². The Morgan fingerprint density at radius 3 is 2.35 bits per heavy atom. The van der Waals surface area contributed by atoms with Crippen LogP contribution in [0.3, 0.4) is 0 Å². The average molecular weight is 304 g/mol. The van der Waals surface area contributed by atoms with Gasteiger partial charge < -0.3 is 10.6 Å². The molecule has 0 saturated carbocycles. The first kappa shape index (κ1) is 14.9. The van der Waals surface area contributed by atoms with Crippen LogP contribution in [0.15, 0.2) is 29.2 Å². The van der Waals surface area contributed by atoms with E-state index in [1.807, 2.05) is 0 Å². The van der Waals surface area contributed by atoms with E-state index in [9.17, 15) is 22.0 Å². The van der Waals surface area contributed by atoms with E-state index in [-0.39, 0.29) is 11.5 Å². The largest absolute Gasteiger partial charge is 0.352 e. The molecule has 1 aliphatic rings. The maximum atomic E-state index is 12.3. The fourth-order valence-corrected chi connectivity index (χ4v) is 2.45. The number of amides is 1. The number of alkyl halides is 2. The molecule has 1 heterocycles. The van der Waals surface area contributed by atoms with Gasteiger partial charge in [0.05, 0.1) is 4.90 Å². The second-order valence-electron chi connectivity index (χ2n) is 4.56. The van der Waals surface area contributed by atoms with Gasteiger partial charge in [-0.15, -0.1) is 0 Å². The Labute approximate surface area is 115 Å². The molecule has 8 heteroatoms. The second kappa shape index (κ2) is 5.84. The lowest BCUT2D eigenvalue weighted by Crippen LogP contribution is -2.48. The van der Waals surface area contributed by atoms with Gasteiger partial charge in [0.15, 0.2) is 0 Å². The van der Waals surface area contributed by atoms with Gasteiger partial charge in [-0.25, -0.2) is 8.42 Å². The fraction of sp³-hybridized carbons (Fsp3) is 0.417. The van der Waals surface area contributed by atoms with E-state index in [0.29, 0.717) is 12.5 Å². The molecule has 2 N–H and O–H groups in total. The Morgan fingerprint density at radius 2 is 1.90 bits per heavy atom. The first-order valence-electron chi connectivity index (χ1n) is 6.02. The van der Waals surface area contributed by atoms with E-state index < -0.39 is 20.5 Å². The van der Waals surface area contributed by atoms with Crippen molar-refractivity contribution in [3.8, 4) is 0 Å². The smallest absolute Gasteiger partial charge is 0.341 e. The number of nitrogens with one attached hydrogen (secondary N) is 2. The molecular weight excluding hydrogens is 290 g/mol. The highest BCUT2D eigenvalue weighted by molar-refractivity contribution is 7.91. The lowest BCUT2D eigenvalue weighted by molar-refractivity contribution is 0.0942. The molecule has 5 nitrogen and oxygen atoms in total. The van der Waals surface area contributed by atoms with E-state index in [0.717, 1.165) is 25.2 Å². The quantitative estimate of drug-likeness (QED) is 0.837. The minimum absolute atomic E-state index is 0.241. The maximum absolute atomic E-state index is 12.3. The first-order chi connectivity index (χ1) is 9.41. The van der Waals surface area contributed by atoms with E-state index in [2.05, 4.69) is 10.6 Å². The summed E-state index contributed by atoms with van der Waals surface area (Å²) in [5, 5.41) is 5.78. The number of carbonyl (C=O) groups is 1. The van der Waals surface area contributed by atoms with Crippen LogP contribution in [0.2, 0.25) is 0 Å². The number of hydrogen-bond donors (Lipinski definition) is 2. The predicted molar refractivity (Wildman–Crippen MR) is 68.3 cm³/mol. The van der Waals surface area contributed by atoms with Crippen molar-refractivity contribution in [3.05, 3.63) is 29.8 Å². The summed E-state index contributed by atoms with van der Waals surface area (Å²) in [6.45, 7) is 2.24. The van der Waals surface area contributed by atoms with Crippen LogP contribution in [0.1, 0.15) is 10.4 Å². The van der Waals surface area contributed by atoms with Crippen LogP contribution in [-0.4, -0.2) is 39.7 Å². The van der Waals surface area contributed by atoms with Gasteiger partial charge in [-0.2, -0.15) is 8.78 Å². The summed E-state index contributed by atoms with van der Waals surface area (Å²) >= 11 is 0. The summed E-state index contributed by atoms with van der Waals surface area (Å²) in [4.78, 5) is 11.3. The zero-order chi connectivity index (χ0) is 14.8. The molecule has 0 atom stereocenters. The topological polar surface area (TPSA) is 75.3 Å². The molecule has 1 fully saturated rings. The standard InChI is InChI=1S/C12H14F2N2O3S/c13-12(14)20(18,19)10-3-1-9(2-4-10)11(17)16-7-8-5-15-6-8/h1-4,8,12,15H,5-7H2,(H,16,17). The molecule has 1 aromatic rings. The van der Waals surface area contributed by atoms with Crippen LogP contribution in [0.5, 0.6) is 0 Å². The van der Waals surface area contributed by atoms with Crippen molar-refractivity contribution >= 4 is 15.7 Å². The van der Waals surface area contributed by atoms with Crippen LogP contribution < -0.4 is 10.6 Å². The molecule has 110 valence electrons. The normalized spacial score (nSPS) is 15.9. The Balaban J connectivity index is 2.02. The van der Waals surface area contributed by atoms with Gasteiger partial charge in [-0.3, -0.25) is 4.79 Å². The van der Waals surface area contributed by atoms with Crippen molar-refractivity contribution in [2.24, 2.45) is 5.92 Å². The third kappa shape index (κ3) is 3.13. The number of carbonyl (C=O) groups excluding carboxylic acids is 1. The molecule has 0 bridgehead atoms. The molecule has 0 unspecified atom stereocenters. The van der Waals surface area contributed by atoms with Gasteiger partial charge in [0, 0.05) is 31.1 Å². The summed E-state index contributed by atoms with van der Waals surface area (Å²) < 4.78 is 47.1. The SMILES string of the molecule is O=C(NCC1CNC1)c1ccc(S(=O)(=O)C(F)F)cc1. The molecule has 0 aromatic heterocycles. The Kier molecular flexibility index (Phi) is 4.34. The molecule has 1 saturated heterocycles. The predicted octanol–water partition coefficient (Wildman–Crippen LogP) is 0.632. The lowest BCUT2D eigenvalue weighted by atomic mass is 10.0. The second-order valence-corrected chi connectivity index (χ2v) is 6.48. The Morgan fingerprint density at radius 1 is 1.30 bits per heavy atom. The van der Waals surface area contributed by atoms with Crippen molar-refractivity contribution < 1.29 is 22.0 Å². The van der Waals surface area contributed by atoms with E-state index in [4.69, 9.17) is 0 Å². The molecular formula is C12H14F2N2O3S. The highest BCUT2D eigenvalue weighted by Gasteiger charge is 2.26. The van der Waals surface area contributed by atoms with Gasteiger partial charge in [0.25, 0.3) is 5.91 Å². The van der Waals surface area contributed by atoms with Gasteiger partial charge in [0.2, 0.25) is 9.84 Å². The number of halogens is 2. The Bertz CT molecular complexity index is 583. The summed E-state index contributed by atoms with van der Waals surface area (Å²) in [6, 6.07) is 4.48. The van der Waals surface area contributed by atoms with Crippen molar-refractivity contribution in [2.45, 2.75) is 10.7 Å². The average Bonchev–Trinajstić information content (AvgIpc) is 2.36. The van der Waals surface area contributed by atoms with Crippen LogP contribution in [0.4, 0.5) is 8.78 Å². The number of benzene rings is 1. The Hall–Kier alpha value is -1.54. The summed E-state index contributed by atoms with van der Waals surface area (Å²) in [5.41, 5.74) is 0.241. The molecule has 0 radical (unpaired) electrons. The molecule has 2 rings (SSSR count). The molecule has 1 amide bonds. The zero-order valence-corrected chi connectivity index (χ0v) is 11.3. The molecule has 1 aliphatic heterocycles. The highest BCUT2D eigenvalue weighted by atomic mass is 32.2. The third-order valence-corrected chi connectivity index (χ3v) is 4.50. The lowest BCUT2D eigenvalue weighted by Gasteiger charge is -2.27. The van der Waals surface area contributed by atoms with Crippen LogP contribution in [-0.2, 0) is 9.84 Å². The molecule has 0 aliphatic carbocycles. The number of hydrogen-bond acceptors (Lipinski definition) is 4. The van der Waals surface area contributed by atoms with Crippen LogP contribution in [0, 0.1) is 5.92 Å². The van der Waals surface area contributed by atoms with Gasteiger partial charge in [-0.1, -0.05) is 0 Å². The monoisotopic (exact) mass is 304 g/mol. The third-order valence-electron chi connectivity index (χ3n) is 3.10. The van der Waals surface area contributed by atoms with E-state index in [1.54, 1.807) is 0 Å². The van der Waals surface area contributed by atoms with Gasteiger partial charge in [-0.05, 0) is 24.3 Å². The van der Waals surface area contributed by atoms with Crippen LogP contribution in [0.25, 0.3) is 0 Å². The zero-order valence-electron chi connectivity index (χ0n) is 10.5. The first-order valence-corrected chi connectivity index (χ1v) is 7.57. The van der Waals surface area contributed by atoms with Crippen molar-refractivity contribution in [1.82, 2.24) is 10.6 Å². The van der Waals surface area contributed by atoms with E-state index in [1.165, 1.54) is 12.1 Å². The van der Waals surface area contributed by atoms with E-state index >= 15 is 0 Å². The van der Waals surface area contributed by atoms with Gasteiger partial charge >= 0.3 is 5.76 Å². The summed E-state index contributed by atoms with van der Waals surface area (Å²) in [6.07, 6.45) is 0. The summed E-state index contributed by atoms with van der Waals surface area (Å²) in [5.74, 6) is -3.41. The van der Waals surface area contributed by atoms with Crippen molar-refractivity contribution in [2.75, 3.05) is 19.6 Å². The number of sulfone groups is 1. The fourth-order valence-electron chi connectivity index (χ4n) is 1.73. The minimum atomic E-state index is -4.61. The number of rotatable bonds is 5. The van der Waals surface area contributed by atoms with Crippen LogP contribution >= 0.6 is 0 Å².